The predicted octanol–water partition coefficient (Wildman–Crippen LogP) is 2.83. The smallest absolute Gasteiger partial charge is 0 e. The van der Waals surface area contributed by atoms with E-state index in [2.05, 4.69) is 20.8 Å². The third kappa shape index (κ3) is 9.98. The summed E-state index contributed by atoms with van der Waals surface area (Å²) in [6.45, 7) is 6.79. The van der Waals surface area contributed by atoms with Crippen LogP contribution in [0.25, 0.3) is 0 Å². The van der Waals surface area contributed by atoms with Crippen molar-refractivity contribution in [3.05, 3.63) is 0 Å². The molecule has 0 aliphatic rings. The van der Waals surface area contributed by atoms with E-state index in [-0.39, 0.29) is 25.8 Å². The van der Waals surface area contributed by atoms with E-state index >= 15 is 0 Å². The molecule has 1 heteroatoms. The molecule has 0 aromatic rings. The molecular weight excluding hydrogens is 263 g/mol. The van der Waals surface area contributed by atoms with Crippen molar-refractivity contribution in [3.63, 3.8) is 0 Å². The molecule has 0 atom stereocenters. The average Bonchev–Trinajstić information content (AvgIpc) is 1.61. The molecule has 0 nitrogen and oxygen atoms in total. The van der Waals surface area contributed by atoms with Crippen LogP contribution in [0.2, 0.25) is 0 Å². The molecule has 0 aliphatic heterocycles. The molecule has 0 unspecified atom stereocenters. The molecule has 0 saturated heterocycles. The normalized spacial score (nSPS) is 9.00. The van der Waals surface area contributed by atoms with E-state index in [4.69, 9.17) is 0 Å². The van der Waals surface area contributed by atoms with Crippen molar-refractivity contribution in [2.45, 2.75) is 40.0 Å². The van der Waals surface area contributed by atoms with Crippen molar-refractivity contribution in [1.29, 1.82) is 0 Å². The van der Waals surface area contributed by atoms with Crippen molar-refractivity contribution in [1.82, 2.24) is 0 Å². The van der Waals surface area contributed by atoms with Gasteiger partial charge in [0.25, 0.3) is 0 Å². The summed E-state index contributed by atoms with van der Waals surface area (Å²) in [5.74, 6) is 0.903. The first kappa shape index (κ1) is 11.6. The molecule has 0 N–H and O–H groups in total. The van der Waals surface area contributed by atoms with E-state index < -0.39 is 0 Å². The Hall–Kier alpha value is 0.870. The largest absolute Gasteiger partial charge is 0.0654 e. The van der Waals surface area contributed by atoms with Gasteiger partial charge in [-0.3, -0.25) is 0 Å². The first-order valence-electron chi connectivity index (χ1n) is 3.27. The van der Waals surface area contributed by atoms with Gasteiger partial charge in [-0.25, -0.2) is 0 Å². The Morgan fingerprint density at radius 3 is 1.88 bits per heavy atom. The second kappa shape index (κ2) is 7.87. The monoisotopic (exact) mass is 280 g/mol. The fourth-order valence-corrected chi connectivity index (χ4v) is 0.612. The van der Waals surface area contributed by atoms with Gasteiger partial charge in [0, 0.05) is 25.8 Å². The molecule has 8 heavy (non-hydrogen) atoms. The number of unbranched alkanes of at least 4 members (excludes halogenated alkanes) is 1. The summed E-state index contributed by atoms with van der Waals surface area (Å²) >= 11 is 0. The fraction of sp³-hybridized carbons (Fsp3) is 1.00. The van der Waals surface area contributed by atoms with Crippen LogP contribution in [0.15, 0.2) is 0 Å². The Kier molecular flexibility index (Phi) is 11.5. The molecule has 48 valence electrons. The van der Waals surface area contributed by atoms with Crippen molar-refractivity contribution >= 4 is 0 Å². The topological polar surface area (TPSA) is 0 Å². The summed E-state index contributed by atoms with van der Waals surface area (Å²) in [7, 11) is 0. The first-order valence-corrected chi connectivity index (χ1v) is 3.27. The zero-order valence-electron chi connectivity index (χ0n) is 6.20. The molecule has 0 saturated carbocycles. The number of rotatable bonds is 3. The SMILES string of the molecule is CCCCC(C)C.[Hf]. The number of hydrogen-bond donors (Lipinski definition) is 0. The first-order chi connectivity index (χ1) is 3.27. The summed E-state index contributed by atoms with van der Waals surface area (Å²) in [6, 6.07) is 0. The summed E-state index contributed by atoms with van der Waals surface area (Å²) in [5, 5.41) is 0. The van der Waals surface area contributed by atoms with Crippen molar-refractivity contribution < 1.29 is 25.8 Å². The van der Waals surface area contributed by atoms with Crippen molar-refractivity contribution in [2.24, 2.45) is 5.92 Å². The van der Waals surface area contributed by atoms with Gasteiger partial charge in [0.1, 0.15) is 0 Å². The Labute approximate surface area is 71.8 Å². The molecule has 0 aromatic heterocycles. The van der Waals surface area contributed by atoms with Crippen LogP contribution in [0.5, 0.6) is 0 Å². The second-order valence-electron chi connectivity index (χ2n) is 2.54. The van der Waals surface area contributed by atoms with Gasteiger partial charge in [-0.15, -0.1) is 0 Å². The fourth-order valence-electron chi connectivity index (χ4n) is 0.612. The van der Waals surface area contributed by atoms with E-state index in [1.807, 2.05) is 0 Å². The molecule has 0 amide bonds. The third-order valence-corrected chi connectivity index (χ3v) is 1.14. The van der Waals surface area contributed by atoms with E-state index in [1.165, 1.54) is 19.3 Å². The number of hydrogen-bond acceptors (Lipinski definition) is 0. The minimum atomic E-state index is 0. The summed E-state index contributed by atoms with van der Waals surface area (Å²) in [6.07, 6.45) is 4.15. The van der Waals surface area contributed by atoms with E-state index in [0.717, 1.165) is 5.92 Å². The van der Waals surface area contributed by atoms with Crippen LogP contribution in [0, 0.1) is 5.92 Å². The van der Waals surface area contributed by atoms with Crippen LogP contribution >= 0.6 is 0 Å². The second-order valence-corrected chi connectivity index (χ2v) is 2.54. The zero-order valence-corrected chi connectivity index (χ0v) is 9.79. The maximum atomic E-state index is 2.27. The molecule has 0 spiro atoms. The van der Waals surface area contributed by atoms with Gasteiger partial charge in [0.05, 0.1) is 0 Å². The van der Waals surface area contributed by atoms with E-state index in [9.17, 15) is 0 Å². The Balaban J connectivity index is 0. The standard InChI is InChI=1S/C7H16.Hf/c1-4-5-6-7(2)3;/h7H,4-6H2,1-3H3;. The van der Waals surface area contributed by atoms with Gasteiger partial charge in [-0.05, 0) is 5.92 Å². The predicted molar refractivity (Wildman–Crippen MR) is 34.4 cm³/mol. The molecule has 0 rings (SSSR count). The van der Waals surface area contributed by atoms with Crippen LogP contribution in [0.1, 0.15) is 40.0 Å². The maximum Gasteiger partial charge on any atom is 0 e. The molecule has 0 bridgehead atoms. The van der Waals surface area contributed by atoms with Gasteiger partial charge in [-0.2, -0.15) is 0 Å². The quantitative estimate of drug-likeness (QED) is 0.697. The van der Waals surface area contributed by atoms with Crippen LogP contribution in [0.3, 0.4) is 0 Å². The molecule has 0 heterocycles. The summed E-state index contributed by atoms with van der Waals surface area (Å²) < 4.78 is 0. The van der Waals surface area contributed by atoms with Gasteiger partial charge in [0.15, 0.2) is 0 Å². The summed E-state index contributed by atoms with van der Waals surface area (Å²) in [5.41, 5.74) is 0. The molecule has 0 aromatic carbocycles. The Bertz CT molecular complexity index is 33.4. The van der Waals surface area contributed by atoms with Crippen LogP contribution in [-0.2, 0) is 25.8 Å². The van der Waals surface area contributed by atoms with Gasteiger partial charge in [0.2, 0.25) is 0 Å². The van der Waals surface area contributed by atoms with Gasteiger partial charge in [-0.1, -0.05) is 40.0 Å². The van der Waals surface area contributed by atoms with Gasteiger partial charge >= 0.3 is 0 Å². The van der Waals surface area contributed by atoms with Crippen LogP contribution in [0.4, 0.5) is 0 Å². The molecule has 0 radical (unpaired) electrons. The van der Waals surface area contributed by atoms with Crippen molar-refractivity contribution in [3.8, 4) is 0 Å². The van der Waals surface area contributed by atoms with Gasteiger partial charge < -0.3 is 0 Å². The Morgan fingerprint density at radius 1 is 1.25 bits per heavy atom. The molecule has 0 fully saturated rings. The van der Waals surface area contributed by atoms with E-state index in [1.54, 1.807) is 0 Å². The average molecular weight is 279 g/mol. The summed E-state index contributed by atoms with van der Waals surface area (Å²) in [4.78, 5) is 0. The maximum absolute atomic E-state index is 2.27. The molecular formula is C7H16Hf. The van der Waals surface area contributed by atoms with E-state index in [0.29, 0.717) is 0 Å². The zero-order chi connectivity index (χ0) is 5.70. The Morgan fingerprint density at radius 2 is 1.75 bits per heavy atom. The third-order valence-electron chi connectivity index (χ3n) is 1.14. The molecule has 0 aliphatic carbocycles. The van der Waals surface area contributed by atoms with Crippen LogP contribution in [-0.4, -0.2) is 0 Å². The minimum Gasteiger partial charge on any atom is -0.0654 e. The van der Waals surface area contributed by atoms with Crippen molar-refractivity contribution in [2.75, 3.05) is 0 Å². The minimum absolute atomic E-state index is 0. The van der Waals surface area contributed by atoms with Crippen LogP contribution < -0.4 is 0 Å².